The molecule has 8 heteroatoms. The van der Waals surface area contributed by atoms with Crippen LogP contribution in [0.5, 0.6) is 0 Å². The molecule has 1 heterocycles. The third-order valence-corrected chi connectivity index (χ3v) is 4.65. The van der Waals surface area contributed by atoms with Crippen LogP contribution in [0.4, 0.5) is 5.69 Å². The van der Waals surface area contributed by atoms with Crippen molar-refractivity contribution in [2.45, 2.75) is 6.92 Å². The highest BCUT2D eigenvalue weighted by Crippen LogP contribution is 2.11. The molecule has 0 unspecified atom stereocenters. The number of nitrogens with zero attached hydrogens (tertiary/aromatic N) is 5. The highest BCUT2D eigenvalue weighted by atomic mass is 32.1. The molecule has 3 rings (SSSR count). The van der Waals surface area contributed by atoms with Gasteiger partial charge in [0.1, 0.15) is 0 Å². The Labute approximate surface area is 167 Å². The molecule has 0 N–H and O–H groups in total. The minimum absolute atomic E-state index is 0.231. The summed E-state index contributed by atoms with van der Waals surface area (Å²) in [4.78, 5) is 14.6. The third kappa shape index (κ3) is 4.72. The molecule has 0 spiro atoms. The molecule has 0 aliphatic rings. The van der Waals surface area contributed by atoms with E-state index in [1.807, 2.05) is 73.6 Å². The van der Waals surface area contributed by atoms with E-state index in [2.05, 4.69) is 15.3 Å². The van der Waals surface area contributed by atoms with Crippen molar-refractivity contribution in [3.8, 4) is 5.69 Å². The highest BCUT2D eigenvalue weighted by molar-refractivity contribution is 7.10. The summed E-state index contributed by atoms with van der Waals surface area (Å²) in [5.41, 5.74) is 2.83. The van der Waals surface area contributed by atoms with Gasteiger partial charge in [0.2, 0.25) is 9.81 Å². The number of carbonyl (C=O) groups excluding carboxylic acids is 1. The number of aromatic nitrogens is 2. The average molecular weight is 395 g/mol. The van der Waals surface area contributed by atoms with Crippen LogP contribution in [0.3, 0.4) is 0 Å². The van der Waals surface area contributed by atoms with Gasteiger partial charge in [-0.2, -0.15) is 5.10 Å². The molecule has 0 aliphatic heterocycles. The lowest BCUT2D eigenvalue weighted by molar-refractivity contribution is 0.0524. The zero-order valence-corrected chi connectivity index (χ0v) is 16.8. The Balaban J connectivity index is 1.93. The predicted octanol–water partition coefficient (Wildman–Crippen LogP) is 3.11. The maximum absolute atomic E-state index is 12.1. The molecule has 0 radical (unpaired) electrons. The smallest absolute Gasteiger partial charge is 0.369 e. The van der Waals surface area contributed by atoms with Gasteiger partial charge in [-0.05, 0) is 36.8 Å². The van der Waals surface area contributed by atoms with E-state index in [1.54, 1.807) is 17.8 Å². The van der Waals surface area contributed by atoms with Gasteiger partial charge >= 0.3 is 5.97 Å². The van der Waals surface area contributed by atoms with Crippen molar-refractivity contribution in [3.63, 3.8) is 0 Å². The number of esters is 1. The minimum atomic E-state index is -0.470. The first-order valence-corrected chi connectivity index (χ1v) is 9.57. The molecule has 0 bridgehead atoms. The first-order chi connectivity index (χ1) is 13.6. The van der Waals surface area contributed by atoms with Gasteiger partial charge < -0.3 is 9.64 Å². The summed E-state index contributed by atoms with van der Waals surface area (Å²) in [6, 6.07) is 17.4. The SMILES string of the molecule is CCOC(=O)c1nn(-c2ccccc2)/c(=N\N=C\c2ccc(N(C)C)cc2)s1. The van der Waals surface area contributed by atoms with Crippen LogP contribution in [0.15, 0.2) is 64.8 Å². The van der Waals surface area contributed by atoms with Crippen LogP contribution in [0.1, 0.15) is 22.3 Å². The van der Waals surface area contributed by atoms with Crippen molar-refractivity contribution >= 4 is 29.2 Å². The molecule has 2 aromatic carbocycles. The van der Waals surface area contributed by atoms with Gasteiger partial charge in [0.15, 0.2) is 0 Å². The summed E-state index contributed by atoms with van der Waals surface area (Å²) in [6.45, 7) is 2.05. The summed E-state index contributed by atoms with van der Waals surface area (Å²) in [5.74, 6) is -0.470. The van der Waals surface area contributed by atoms with E-state index in [-0.39, 0.29) is 11.6 Å². The molecule has 0 fully saturated rings. The lowest BCUT2D eigenvalue weighted by atomic mass is 10.2. The zero-order valence-electron chi connectivity index (χ0n) is 15.9. The second kappa shape index (κ2) is 9.09. The zero-order chi connectivity index (χ0) is 19.9. The van der Waals surface area contributed by atoms with E-state index in [1.165, 1.54) is 0 Å². The molecule has 0 aliphatic carbocycles. The largest absolute Gasteiger partial charge is 0.461 e. The minimum Gasteiger partial charge on any atom is -0.461 e. The van der Waals surface area contributed by atoms with E-state index >= 15 is 0 Å². The predicted molar refractivity (Wildman–Crippen MR) is 111 cm³/mol. The standard InChI is InChI=1S/C20H21N5O2S/c1-4-27-19(26)18-23-25(17-8-6-5-7-9-17)20(28-18)22-21-14-15-10-12-16(13-11-15)24(2)3/h5-14H,4H2,1-3H3/b21-14+,22-20+. The lowest BCUT2D eigenvalue weighted by Crippen LogP contribution is -2.14. The van der Waals surface area contributed by atoms with Gasteiger partial charge in [0.25, 0.3) is 0 Å². The number of hydrogen-bond acceptors (Lipinski definition) is 7. The molecule has 0 amide bonds. The number of para-hydroxylation sites is 1. The molecule has 0 saturated carbocycles. The lowest BCUT2D eigenvalue weighted by Gasteiger charge is -2.11. The number of rotatable bonds is 6. The summed E-state index contributed by atoms with van der Waals surface area (Å²) in [6.07, 6.45) is 1.67. The normalized spacial score (nSPS) is 11.8. The van der Waals surface area contributed by atoms with Gasteiger partial charge in [-0.25, -0.2) is 9.48 Å². The molecular formula is C20H21N5O2S. The second-order valence-electron chi connectivity index (χ2n) is 5.99. The Morgan fingerprint density at radius 1 is 1.18 bits per heavy atom. The Morgan fingerprint density at radius 2 is 1.89 bits per heavy atom. The number of carbonyl (C=O) groups is 1. The first kappa shape index (κ1) is 19.5. The number of benzene rings is 2. The molecule has 0 atom stereocenters. The van der Waals surface area contributed by atoms with Crippen molar-refractivity contribution in [1.82, 2.24) is 9.78 Å². The Kier molecular flexibility index (Phi) is 6.33. The van der Waals surface area contributed by atoms with Crippen LogP contribution in [-0.4, -0.2) is 42.7 Å². The molecule has 1 aromatic heterocycles. The van der Waals surface area contributed by atoms with Crippen molar-refractivity contribution in [2.24, 2.45) is 10.2 Å². The van der Waals surface area contributed by atoms with Gasteiger partial charge in [0.05, 0.1) is 18.5 Å². The number of anilines is 1. The van der Waals surface area contributed by atoms with Crippen LogP contribution in [0.2, 0.25) is 0 Å². The summed E-state index contributed by atoms with van der Waals surface area (Å²) >= 11 is 1.13. The summed E-state index contributed by atoms with van der Waals surface area (Å²) < 4.78 is 6.63. The van der Waals surface area contributed by atoms with Crippen molar-refractivity contribution < 1.29 is 9.53 Å². The fraction of sp³-hybridized carbons (Fsp3) is 0.200. The monoisotopic (exact) mass is 395 g/mol. The summed E-state index contributed by atoms with van der Waals surface area (Å²) in [7, 11) is 3.98. The van der Waals surface area contributed by atoms with Crippen LogP contribution < -0.4 is 9.70 Å². The van der Waals surface area contributed by atoms with Crippen LogP contribution in [0.25, 0.3) is 5.69 Å². The van der Waals surface area contributed by atoms with Crippen LogP contribution in [-0.2, 0) is 4.74 Å². The van der Waals surface area contributed by atoms with Crippen molar-refractivity contribution in [3.05, 3.63) is 70.0 Å². The second-order valence-corrected chi connectivity index (χ2v) is 6.94. The van der Waals surface area contributed by atoms with Crippen molar-refractivity contribution in [1.29, 1.82) is 0 Å². The maximum atomic E-state index is 12.1. The third-order valence-electron chi connectivity index (χ3n) is 3.77. The quantitative estimate of drug-likeness (QED) is 0.365. The van der Waals surface area contributed by atoms with Gasteiger partial charge in [-0.1, -0.05) is 41.7 Å². The number of hydrogen-bond donors (Lipinski definition) is 0. The maximum Gasteiger partial charge on any atom is 0.369 e. The van der Waals surface area contributed by atoms with Crippen LogP contribution >= 0.6 is 11.3 Å². The summed E-state index contributed by atoms with van der Waals surface area (Å²) in [5, 5.41) is 13.0. The van der Waals surface area contributed by atoms with E-state index in [9.17, 15) is 4.79 Å². The Bertz CT molecular complexity index is 1020. The molecule has 144 valence electrons. The highest BCUT2D eigenvalue weighted by Gasteiger charge is 2.15. The first-order valence-electron chi connectivity index (χ1n) is 8.75. The molecular weight excluding hydrogens is 374 g/mol. The molecule has 3 aromatic rings. The topological polar surface area (TPSA) is 72.1 Å². The van der Waals surface area contributed by atoms with E-state index in [0.717, 1.165) is 28.3 Å². The van der Waals surface area contributed by atoms with E-state index < -0.39 is 5.97 Å². The molecule has 0 saturated heterocycles. The fourth-order valence-corrected chi connectivity index (χ4v) is 3.12. The Hall–Kier alpha value is -3.26. The van der Waals surface area contributed by atoms with E-state index in [0.29, 0.717) is 4.80 Å². The average Bonchev–Trinajstić information content (AvgIpc) is 3.13. The van der Waals surface area contributed by atoms with Gasteiger partial charge in [0, 0.05) is 19.8 Å². The van der Waals surface area contributed by atoms with E-state index in [4.69, 9.17) is 4.74 Å². The van der Waals surface area contributed by atoms with Crippen LogP contribution in [0, 0.1) is 0 Å². The fourth-order valence-electron chi connectivity index (χ4n) is 2.36. The molecule has 7 nitrogen and oxygen atoms in total. The Morgan fingerprint density at radius 3 is 2.54 bits per heavy atom. The molecule has 28 heavy (non-hydrogen) atoms. The van der Waals surface area contributed by atoms with Gasteiger partial charge in [-0.3, -0.25) is 0 Å². The van der Waals surface area contributed by atoms with Crippen molar-refractivity contribution in [2.75, 3.05) is 25.6 Å². The number of ether oxygens (including phenoxy) is 1. The van der Waals surface area contributed by atoms with Gasteiger partial charge in [-0.15, -0.1) is 10.2 Å².